The first-order chi connectivity index (χ1) is 5.72. The van der Waals surface area contributed by atoms with Crippen LogP contribution in [0.15, 0.2) is 0 Å². The van der Waals surface area contributed by atoms with Gasteiger partial charge in [0.15, 0.2) is 5.79 Å². The number of carbonyl (C=O) groups is 1. The van der Waals surface area contributed by atoms with Gasteiger partial charge in [-0.2, -0.15) is 0 Å². The quantitative estimate of drug-likeness (QED) is 0.592. The maximum absolute atomic E-state index is 11.2. The van der Waals surface area contributed by atoms with Gasteiger partial charge in [-0.1, -0.05) is 15.9 Å². The second-order valence-corrected chi connectivity index (χ2v) is 4.35. The fourth-order valence-electron chi connectivity index (χ4n) is 1.72. The minimum absolute atomic E-state index is 0.0793. The van der Waals surface area contributed by atoms with Gasteiger partial charge in [-0.3, -0.25) is 4.79 Å². The van der Waals surface area contributed by atoms with Crippen LogP contribution in [0.2, 0.25) is 0 Å². The van der Waals surface area contributed by atoms with E-state index in [4.69, 9.17) is 9.47 Å². The van der Waals surface area contributed by atoms with Crippen molar-refractivity contribution in [2.24, 2.45) is 0 Å². The lowest BCUT2D eigenvalue weighted by atomic mass is 9.93. The number of ether oxygens (including phenoxy) is 2. The molecule has 1 heterocycles. The summed E-state index contributed by atoms with van der Waals surface area (Å²) in [5.74, 6) is -0.179. The summed E-state index contributed by atoms with van der Waals surface area (Å²) in [6.07, 6.45) is 1.94. The Hall–Kier alpha value is 0.0700. The van der Waals surface area contributed by atoms with Crippen LogP contribution >= 0.6 is 15.9 Å². The van der Waals surface area contributed by atoms with Gasteiger partial charge in [0, 0.05) is 19.3 Å². The molecule has 2 rings (SSSR count). The van der Waals surface area contributed by atoms with Crippen LogP contribution in [0.1, 0.15) is 19.3 Å². The first-order valence-electron chi connectivity index (χ1n) is 4.17. The van der Waals surface area contributed by atoms with E-state index in [1.165, 1.54) is 0 Å². The van der Waals surface area contributed by atoms with Crippen molar-refractivity contribution in [3.8, 4) is 0 Å². The first-order valence-corrected chi connectivity index (χ1v) is 5.08. The summed E-state index contributed by atoms with van der Waals surface area (Å²) >= 11 is 3.33. The van der Waals surface area contributed by atoms with E-state index in [-0.39, 0.29) is 10.6 Å². The summed E-state index contributed by atoms with van der Waals surface area (Å²) in [7, 11) is 0. The fourth-order valence-corrected chi connectivity index (χ4v) is 2.44. The highest BCUT2D eigenvalue weighted by molar-refractivity contribution is 9.10. The van der Waals surface area contributed by atoms with Crippen molar-refractivity contribution in [3.05, 3.63) is 0 Å². The fraction of sp³-hybridized carbons (Fsp3) is 0.875. The third-order valence-electron chi connectivity index (χ3n) is 2.41. The van der Waals surface area contributed by atoms with Gasteiger partial charge in [0.2, 0.25) is 0 Å². The summed E-state index contributed by atoms with van der Waals surface area (Å²) in [4.78, 5) is 11.1. The minimum Gasteiger partial charge on any atom is -0.347 e. The molecule has 0 bridgehead atoms. The van der Waals surface area contributed by atoms with Crippen molar-refractivity contribution in [3.63, 3.8) is 0 Å². The molecular weight excluding hydrogens is 224 g/mol. The van der Waals surface area contributed by atoms with E-state index in [9.17, 15) is 4.79 Å². The van der Waals surface area contributed by atoms with Gasteiger partial charge in [0.05, 0.1) is 18.0 Å². The van der Waals surface area contributed by atoms with Crippen molar-refractivity contribution in [1.82, 2.24) is 0 Å². The lowest BCUT2D eigenvalue weighted by Gasteiger charge is -2.32. The van der Waals surface area contributed by atoms with Crippen LogP contribution in [-0.2, 0) is 14.3 Å². The predicted molar refractivity (Wildman–Crippen MR) is 46.2 cm³/mol. The minimum atomic E-state index is -0.442. The molecule has 12 heavy (non-hydrogen) atoms. The number of halogens is 1. The number of hydrogen-bond acceptors (Lipinski definition) is 3. The van der Waals surface area contributed by atoms with Crippen LogP contribution in [0, 0.1) is 0 Å². The highest BCUT2D eigenvalue weighted by atomic mass is 79.9. The lowest BCUT2D eigenvalue weighted by Crippen LogP contribution is -2.40. The van der Waals surface area contributed by atoms with E-state index < -0.39 is 5.79 Å². The summed E-state index contributed by atoms with van der Waals surface area (Å²) < 4.78 is 11.0. The zero-order valence-electron chi connectivity index (χ0n) is 6.72. The molecule has 0 aromatic heterocycles. The molecule has 0 unspecified atom stereocenters. The van der Waals surface area contributed by atoms with Gasteiger partial charge in [0.25, 0.3) is 0 Å². The van der Waals surface area contributed by atoms with Gasteiger partial charge in [-0.05, 0) is 0 Å². The second kappa shape index (κ2) is 3.09. The molecule has 1 aliphatic heterocycles. The molecule has 1 atom stereocenters. The molecular formula is C8H11BrO3. The highest BCUT2D eigenvalue weighted by Crippen LogP contribution is 2.36. The normalized spacial score (nSPS) is 34.4. The number of hydrogen-bond donors (Lipinski definition) is 0. The van der Waals surface area contributed by atoms with Crippen LogP contribution in [0.25, 0.3) is 0 Å². The zero-order chi connectivity index (χ0) is 8.60. The van der Waals surface area contributed by atoms with Crippen LogP contribution in [-0.4, -0.2) is 29.6 Å². The van der Waals surface area contributed by atoms with Gasteiger partial charge < -0.3 is 9.47 Å². The van der Waals surface area contributed by atoms with E-state index in [0.717, 1.165) is 0 Å². The Labute approximate surface area is 79.5 Å². The number of alkyl halides is 1. The molecule has 0 N–H and O–H groups in total. The third-order valence-corrected chi connectivity index (χ3v) is 3.24. The number of Topliss-reactive ketones (excluding diaryl/α,β-unsaturated/α-hetero) is 1. The van der Waals surface area contributed by atoms with Crippen LogP contribution < -0.4 is 0 Å². The Kier molecular flexibility index (Phi) is 2.23. The molecule has 2 aliphatic rings. The van der Waals surface area contributed by atoms with Gasteiger partial charge in [0.1, 0.15) is 5.78 Å². The average molecular weight is 235 g/mol. The van der Waals surface area contributed by atoms with Crippen molar-refractivity contribution >= 4 is 21.7 Å². The van der Waals surface area contributed by atoms with E-state index in [2.05, 4.69) is 15.9 Å². The molecule has 1 saturated carbocycles. The maximum Gasteiger partial charge on any atom is 0.170 e. The van der Waals surface area contributed by atoms with E-state index in [0.29, 0.717) is 32.5 Å². The molecule has 2 fully saturated rings. The van der Waals surface area contributed by atoms with Crippen LogP contribution in [0.4, 0.5) is 0 Å². The van der Waals surface area contributed by atoms with Crippen molar-refractivity contribution in [2.45, 2.75) is 29.9 Å². The predicted octanol–water partition coefficient (Wildman–Crippen LogP) is 1.25. The zero-order valence-corrected chi connectivity index (χ0v) is 8.30. The summed E-state index contributed by atoms with van der Waals surface area (Å²) in [5.41, 5.74) is 0. The molecule has 0 amide bonds. The van der Waals surface area contributed by atoms with E-state index in [1.54, 1.807) is 0 Å². The van der Waals surface area contributed by atoms with Gasteiger partial charge in [-0.25, -0.2) is 0 Å². The Bertz CT molecular complexity index is 198. The van der Waals surface area contributed by atoms with Gasteiger partial charge >= 0.3 is 0 Å². The monoisotopic (exact) mass is 234 g/mol. The Morgan fingerprint density at radius 2 is 2.08 bits per heavy atom. The van der Waals surface area contributed by atoms with E-state index >= 15 is 0 Å². The lowest BCUT2D eigenvalue weighted by molar-refractivity contribution is -0.178. The molecule has 0 aromatic carbocycles. The topological polar surface area (TPSA) is 35.5 Å². The van der Waals surface area contributed by atoms with Crippen molar-refractivity contribution in [1.29, 1.82) is 0 Å². The number of ketones is 1. The standard InChI is InChI=1S/C8H11BrO3/c9-6-5-8(2-1-7(6)10)11-3-4-12-8/h6H,1-5H2/t6-/m1/s1. The summed E-state index contributed by atoms with van der Waals surface area (Å²) in [5, 5.41) is 0. The highest BCUT2D eigenvalue weighted by Gasteiger charge is 2.43. The molecule has 1 spiro atoms. The molecule has 68 valence electrons. The van der Waals surface area contributed by atoms with Crippen LogP contribution in [0.5, 0.6) is 0 Å². The third kappa shape index (κ3) is 1.43. The molecule has 1 saturated heterocycles. The second-order valence-electron chi connectivity index (χ2n) is 3.25. The average Bonchev–Trinajstić information content (AvgIpc) is 2.47. The molecule has 4 heteroatoms. The molecule has 1 aliphatic carbocycles. The molecule has 0 aromatic rings. The maximum atomic E-state index is 11.2. The van der Waals surface area contributed by atoms with E-state index in [1.807, 2.05) is 0 Å². The van der Waals surface area contributed by atoms with Crippen molar-refractivity contribution in [2.75, 3.05) is 13.2 Å². The van der Waals surface area contributed by atoms with Gasteiger partial charge in [-0.15, -0.1) is 0 Å². The largest absolute Gasteiger partial charge is 0.347 e. The summed E-state index contributed by atoms with van der Waals surface area (Å²) in [6, 6.07) is 0. The Morgan fingerprint density at radius 3 is 2.67 bits per heavy atom. The smallest absolute Gasteiger partial charge is 0.170 e. The number of carbonyl (C=O) groups excluding carboxylic acids is 1. The Balaban J connectivity index is 2.05. The first kappa shape index (κ1) is 8.66. The summed E-state index contributed by atoms with van der Waals surface area (Å²) in [6.45, 7) is 1.32. The van der Waals surface area contributed by atoms with Crippen molar-refractivity contribution < 1.29 is 14.3 Å². The molecule has 3 nitrogen and oxygen atoms in total. The SMILES string of the molecule is O=C1CCC2(C[C@H]1Br)OCCO2. The number of rotatable bonds is 0. The molecule has 0 radical (unpaired) electrons. The Morgan fingerprint density at radius 1 is 1.42 bits per heavy atom. The van der Waals surface area contributed by atoms with Crippen LogP contribution in [0.3, 0.4) is 0 Å².